The van der Waals surface area contributed by atoms with E-state index in [9.17, 15) is 13.2 Å². The number of amides is 1. The summed E-state index contributed by atoms with van der Waals surface area (Å²) >= 11 is 5.90. The van der Waals surface area contributed by atoms with Crippen LogP contribution in [0.25, 0.3) is 0 Å². The lowest BCUT2D eigenvalue weighted by Gasteiger charge is -2.18. The lowest BCUT2D eigenvalue weighted by molar-refractivity contribution is -0.124. The smallest absolute Gasteiger partial charge is 0.243 e. The summed E-state index contributed by atoms with van der Waals surface area (Å²) < 4.78 is 33.0. The zero-order chi connectivity index (χ0) is 21.7. The highest BCUT2D eigenvalue weighted by atomic mass is 35.5. The van der Waals surface area contributed by atoms with E-state index < -0.39 is 15.9 Å². The summed E-state index contributed by atoms with van der Waals surface area (Å²) in [4.78, 5) is 13.1. The molecule has 1 saturated heterocycles. The van der Waals surface area contributed by atoms with Crippen molar-refractivity contribution in [3.8, 4) is 5.75 Å². The minimum Gasteiger partial charge on any atom is -0.497 e. The van der Waals surface area contributed by atoms with Crippen molar-refractivity contribution < 1.29 is 17.9 Å². The van der Waals surface area contributed by atoms with Crippen LogP contribution in [0.3, 0.4) is 0 Å². The Labute approximate surface area is 183 Å². The van der Waals surface area contributed by atoms with Crippen LogP contribution >= 0.6 is 11.6 Å². The highest BCUT2D eigenvalue weighted by molar-refractivity contribution is 7.89. The second kappa shape index (κ2) is 9.81. The van der Waals surface area contributed by atoms with E-state index in [-0.39, 0.29) is 29.8 Å². The van der Waals surface area contributed by atoms with E-state index >= 15 is 0 Å². The van der Waals surface area contributed by atoms with E-state index in [1.807, 2.05) is 24.3 Å². The van der Waals surface area contributed by atoms with E-state index in [0.717, 1.165) is 18.4 Å². The average molecular weight is 451 g/mol. The van der Waals surface area contributed by atoms with Crippen LogP contribution in [0.15, 0.2) is 53.4 Å². The van der Waals surface area contributed by atoms with Crippen molar-refractivity contribution in [1.82, 2.24) is 9.62 Å². The molecule has 0 aliphatic carbocycles. The number of rotatable bonds is 8. The first kappa shape index (κ1) is 22.6. The van der Waals surface area contributed by atoms with Crippen LogP contribution in [-0.4, -0.2) is 45.4 Å². The van der Waals surface area contributed by atoms with Crippen LogP contribution in [0.2, 0.25) is 5.02 Å². The first-order chi connectivity index (χ1) is 14.4. The molecule has 1 N–H and O–H groups in total. The van der Waals surface area contributed by atoms with Crippen LogP contribution in [0.5, 0.6) is 5.75 Å². The number of hydrogen-bond donors (Lipinski definition) is 1. The summed E-state index contributed by atoms with van der Waals surface area (Å²) in [6.45, 7) is 3.02. The Morgan fingerprint density at radius 2 is 1.80 bits per heavy atom. The van der Waals surface area contributed by atoms with Crippen LogP contribution < -0.4 is 10.1 Å². The average Bonchev–Trinajstić information content (AvgIpc) is 3.21. The van der Waals surface area contributed by atoms with Crippen LogP contribution in [0.4, 0.5) is 0 Å². The largest absolute Gasteiger partial charge is 0.497 e. The molecule has 30 heavy (non-hydrogen) atoms. The molecule has 1 aliphatic rings. The summed E-state index contributed by atoms with van der Waals surface area (Å²) in [7, 11) is -2.14. The van der Waals surface area contributed by atoms with Gasteiger partial charge in [-0.1, -0.05) is 37.1 Å². The molecule has 1 amide bonds. The third kappa shape index (κ3) is 4.96. The summed E-state index contributed by atoms with van der Waals surface area (Å²) in [6, 6.07) is 13.6. The van der Waals surface area contributed by atoms with E-state index in [0.29, 0.717) is 17.3 Å². The molecule has 162 valence electrons. The number of ether oxygens (including phenoxy) is 1. The summed E-state index contributed by atoms with van der Waals surface area (Å²) in [6.07, 6.45) is 1.86. The van der Waals surface area contributed by atoms with Crippen molar-refractivity contribution in [3.63, 3.8) is 0 Å². The normalized spacial score (nSPS) is 19.6. The highest BCUT2D eigenvalue weighted by Crippen LogP contribution is 2.36. The Morgan fingerprint density at radius 1 is 1.13 bits per heavy atom. The maximum atomic E-state index is 13.2. The molecule has 0 radical (unpaired) electrons. The predicted molar refractivity (Wildman–Crippen MR) is 117 cm³/mol. The van der Waals surface area contributed by atoms with Gasteiger partial charge in [-0.3, -0.25) is 4.79 Å². The number of nitrogens with zero attached hydrogens (tertiary/aromatic N) is 1. The first-order valence-corrected chi connectivity index (χ1v) is 11.9. The number of nitrogens with one attached hydrogen (secondary N) is 1. The molecule has 0 unspecified atom stereocenters. The molecule has 0 spiro atoms. The quantitative estimate of drug-likeness (QED) is 0.622. The van der Waals surface area contributed by atoms with E-state index in [2.05, 4.69) is 12.2 Å². The van der Waals surface area contributed by atoms with Gasteiger partial charge in [-0.15, -0.1) is 0 Å². The molecule has 2 atom stereocenters. The third-order valence-electron chi connectivity index (χ3n) is 5.45. The first-order valence-electron chi connectivity index (χ1n) is 10.0. The second-order valence-corrected chi connectivity index (χ2v) is 9.78. The summed E-state index contributed by atoms with van der Waals surface area (Å²) in [5.74, 6) is -0.0960. The van der Waals surface area contributed by atoms with Crippen molar-refractivity contribution in [2.75, 3.05) is 26.7 Å². The number of sulfonamides is 1. The van der Waals surface area contributed by atoms with Gasteiger partial charge < -0.3 is 10.1 Å². The van der Waals surface area contributed by atoms with E-state index in [1.165, 1.54) is 16.4 Å². The highest BCUT2D eigenvalue weighted by Gasteiger charge is 2.43. The zero-order valence-electron chi connectivity index (χ0n) is 17.2. The Hall–Kier alpha value is -2.09. The van der Waals surface area contributed by atoms with Gasteiger partial charge in [0, 0.05) is 30.6 Å². The van der Waals surface area contributed by atoms with Gasteiger partial charge in [-0.05, 0) is 48.4 Å². The molecular formula is C22H27ClN2O4S. The van der Waals surface area contributed by atoms with Gasteiger partial charge in [0.15, 0.2) is 0 Å². The molecule has 1 fully saturated rings. The lowest BCUT2D eigenvalue weighted by Crippen LogP contribution is -2.36. The molecule has 2 aromatic carbocycles. The number of methoxy groups -OCH3 is 1. The van der Waals surface area contributed by atoms with Crippen molar-refractivity contribution in [2.24, 2.45) is 5.92 Å². The lowest BCUT2D eigenvalue weighted by atomic mass is 9.88. The maximum Gasteiger partial charge on any atom is 0.243 e. The molecule has 2 aromatic rings. The molecule has 0 saturated carbocycles. The van der Waals surface area contributed by atoms with Crippen LogP contribution in [0.1, 0.15) is 31.2 Å². The van der Waals surface area contributed by atoms with E-state index in [1.54, 1.807) is 19.2 Å². The molecule has 1 heterocycles. The molecule has 3 rings (SSSR count). The number of hydrogen-bond acceptors (Lipinski definition) is 4. The van der Waals surface area contributed by atoms with Gasteiger partial charge in [-0.25, -0.2) is 8.42 Å². The fourth-order valence-electron chi connectivity index (χ4n) is 3.69. The molecule has 8 heteroatoms. The van der Waals surface area contributed by atoms with Gasteiger partial charge in [0.25, 0.3) is 0 Å². The monoisotopic (exact) mass is 450 g/mol. The predicted octanol–water partition coefficient (Wildman–Crippen LogP) is 3.67. The SMILES string of the molecule is CCCCNC(=O)[C@@H]1CN(S(=O)(=O)c2ccc(Cl)cc2)C[C@H]1c1ccc(OC)cc1. The van der Waals surface area contributed by atoms with Gasteiger partial charge in [0.2, 0.25) is 15.9 Å². The van der Waals surface area contributed by atoms with E-state index in [4.69, 9.17) is 16.3 Å². The summed E-state index contributed by atoms with van der Waals surface area (Å²) in [5.41, 5.74) is 0.917. The minimum atomic E-state index is -3.73. The van der Waals surface area contributed by atoms with Crippen molar-refractivity contribution in [3.05, 3.63) is 59.1 Å². The van der Waals surface area contributed by atoms with Crippen molar-refractivity contribution in [1.29, 1.82) is 0 Å². The Morgan fingerprint density at radius 3 is 2.40 bits per heavy atom. The molecule has 1 aliphatic heterocycles. The van der Waals surface area contributed by atoms with Crippen molar-refractivity contribution in [2.45, 2.75) is 30.6 Å². The standard InChI is InChI=1S/C22H27ClN2O4S/c1-3-4-13-24-22(26)21-15-25(30(27,28)19-11-7-17(23)8-12-19)14-20(21)16-5-9-18(29-2)10-6-16/h5-12,20-21H,3-4,13-15H2,1-2H3,(H,24,26)/t20-,21+/m0/s1. The molecule has 6 nitrogen and oxygen atoms in total. The maximum absolute atomic E-state index is 13.2. The van der Waals surface area contributed by atoms with Crippen LogP contribution in [0, 0.1) is 5.92 Å². The number of unbranched alkanes of at least 4 members (excludes halogenated alkanes) is 1. The topological polar surface area (TPSA) is 75.7 Å². The van der Waals surface area contributed by atoms with Gasteiger partial charge in [0.05, 0.1) is 17.9 Å². The molecule has 0 bridgehead atoms. The Balaban J connectivity index is 1.88. The fraction of sp³-hybridized carbons (Fsp3) is 0.409. The van der Waals surface area contributed by atoms with Crippen LogP contribution in [-0.2, 0) is 14.8 Å². The van der Waals surface area contributed by atoms with Crippen molar-refractivity contribution >= 4 is 27.5 Å². The number of carbonyl (C=O) groups excluding carboxylic acids is 1. The van der Waals surface area contributed by atoms with Gasteiger partial charge in [-0.2, -0.15) is 4.31 Å². The Bertz CT molecular complexity index is 962. The summed E-state index contributed by atoms with van der Waals surface area (Å²) in [5, 5.41) is 3.44. The zero-order valence-corrected chi connectivity index (χ0v) is 18.7. The number of halogens is 1. The number of benzene rings is 2. The molecular weight excluding hydrogens is 424 g/mol. The Kier molecular flexibility index (Phi) is 7.39. The second-order valence-electron chi connectivity index (χ2n) is 7.41. The van der Waals surface area contributed by atoms with Gasteiger partial charge >= 0.3 is 0 Å². The number of carbonyl (C=O) groups is 1. The molecule has 0 aromatic heterocycles. The fourth-order valence-corrected chi connectivity index (χ4v) is 5.31. The third-order valence-corrected chi connectivity index (χ3v) is 7.55. The van der Waals surface area contributed by atoms with Gasteiger partial charge in [0.1, 0.15) is 5.75 Å². The minimum absolute atomic E-state index is 0.113.